The van der Waals surface area contributed by atoms with Gasteiger partial charge >= 0.3 is 0 Å². The fraction of sp³-hybridized carbons (Fsp3) is 0.0667. The van der Waals surface area contributed by atoms with Crippen molar-refractivity contribution in [3.8, 4) is 22.3 Å². The van der Waals surface area contributed by atoms with Crippen LogP contribution in [0.5, 0.6) is 0 Å². The van der Waals surface area contributed by atoms with Gasteiger partial charge in [0.2, 0.25) is 0 Å². The molecule has 0 radical (unpaired) electrons. The van der Waals surface area contributed by atoms with Gasteiger partial charge in [-0.2, -0.15) is 0 Å². The molecule has 3 nitrogen and oxygen atoms in total. The molecule has 0 fully saturated rings. The first kappa shape index (κ1) is 36.9. The van der Waals surface area contributed by atoms with E-state index in [1.165, 1.54) is 60.5 Å². The second kappa shape index (κ2) is 14.4. The van der Waals surface area contributed by atoms with Crippen molar-refractivity contribution < 1.29 is 4.42 Å². The summed E-state index contributed by atoms with van der Waals surface area (Å²) in [6.45, 7) is 7.12. The normalized spacial score (nSPS) is 12.8. The lowest BCUT2D eigenvalue weighted by atomic mass is 9.67. The molecule has 63 heavy (non-hydrogen) atoms. The average Bonchev–Trinajstić information content (AvgIpc) is 3.72. The Labute approximate surface area is 367 Å². The SMILES string of the molecule is Cc1c2c3c(cccc3c3cc(N(c4ccccc4)c4cccc5c4oc4ccccc45)ccc13)C(C)(C)c1cc(N(c3ccccc3)c3ccccc3-c3ccccc3)ccc1-2. The van der Waals surface area contributed by atoms with E-state index in [0.29, 0.717) is 0 Å². The Hall–Kier alpha value is -7.88. The standard InChI is InChI=1S/C60H44N2O/c1-39-45-35-33-43(62(42-23-11-6-12-24-42)55-31-18-28-49-47-26-14-16-32-56(47)63-59(49)55)37-51(45)48-27-17-29-52-58(48)57(39)50-36-34-44(38-53(50)60(52,2)3)61(41-21-9-5-10-22-41)54-30-15-13-25-46(54)40-19-7-4-8-20-40/h4-38H,1-3H3. The fourth-order valence-corrected chi connectivity index (χ4v) is 10.4. The summed E-state index contributed by atoms with van der Waals surface area (Å²) >= 11 is 0. The average molecular weight is 809 g/mol. The predicted octanol–water partition coefficient (Wildman–Crippen LogP) is 17.1. The van der Waals surface area contributed by atoms with E-state index in [9.17, 15) is 0 Å². The Bertz CT molecular complexity index is 3550. The molecule has 0 saturated carbocycles. The van der Waals surface area contributed by atoms with Gasteiger partial charge in [-0.25, -0.2) is 0 Å². The van der Waals surface area contributed by atoms with E-state index < -0.39 is 0 Å². The monoisotopic (exact) mass is 808 g/mol. The molecule has 1 heterocycles. The first-order valence-corrected chi connectivity index (χ1v) is 21.9. The molecule has 0 spiro atoms. The zero-order valence-electron chi connectivity index (χ0n) is 35.5. The Morgan fingerprint density at radius 2 is 0.984 bits per heavy atom. The zero-order chi connectivity index (χ0) is 42.2. The number of anilines is 6. The number of hydrogen-bond donors (Lipinski definition) is 0. The topological polar surface area (TPSA) is 19.6 Å². The molecule has 11 aromatic rings. The van der Waals surface area contributed by atoms with Crippen LogP contribution in [0, 0.1) is 6.92 Å². The summed E-state index contributed by atoms with van der Waals surface area (Å²) in [6.07, 6.45) is 0. The molecule has 12 rings (SSSR count). The lowest BCUT2D eigenvalue weighted by molar-refractivity contribution is 0.645. The lowest BCUT2D eigenvalue weighted by Gasteiger charge is -2.38. The van der Waals surface area contributed by atoms with Crippen molar-refractivity contribution in [2.24, 2.45) is 0 Å². The molecule has 0 atom stereocenters. The largest absolute Gasteiger partial charge is 0.454 e. The second-order valence-corrected chi connectivity index (χ2v) is 17.3. The van der Waals surface area contributed by atoms with Gasteiger partial charge in [-0.3, -0.25) is 0 Å². The van der Waals surface area contributed by atoms with Gasteiger partial charge < -0.3 is 14.2 Å². The van der Waals surface area contributed by atoms with Gasteiger partial charge in [0.1, 0.15) is 5.58 Å². The van der Waals surface area contributed by atoms with Crippen molar-refractivity contribution >= 4 is 77.6 Å². The smallest absolute Gasteiger partial charge is 0.159 e. The Morgan fingerprint density at radius 3 is 1.76 bits per heavy atom. The molecule has 1 aliphatic carbocycles. The maximum absolute atomic E-state index is 6.65. The van der Waals surface area contributed by atoms with Crippen molar-refractivity contribution in [1.29, 1.82) is 0 Å². The molecule has 0 bridgehead atoms. The minimum absolute atomic E-state index is 0.288. The number of furan rings is 1. The van der Waals surface area contributed by atoms with Gasteiger partial charge in [-0.15, -0.1) is 0 Å². The summed E-state index contributed by atoms with van der Waals surface area (Å²) in [7, 11) is 0. The van der Waals surface area contributed by atoms with Crippen molar-refractivity contribution in [2.45, 2.75) is 26.2 Å². The highest BCUT2D eigenvalue weighted by Gasteiger charge is 2.36. The molecule has 1 aromatic heterocycles. The maximum Gasteiger partial charge on any atom is 0.159 e. The quantitative estimate of drug-likeness (QED) is 0.150. The van der Waals surface area contributed by atoms with E-state index in [2.05, 4.69) is 237 Å². The molecule has 0 unspecified atom stereocenters. The number of para-hydroxylation sites is 5. The highest BCUT2D eigenvalue weighted by atomic mass is 16.3. The van der Waals surface area contributed by atoms with Crippen LogP contribution in [0.1, 0.15) is 30.5 Å². The van der Waals surface area contributed by atoms with E-state index >= 15 is 0 Å². The molecular weight excluding hydrogens is 765 g/mol. The van der Waals surface area contributed by atoms with Crippen LogP contribution >= 0.6 is 0 Å². The third-order valence-corrected chi connectivity index (χ3v) is 13.4. The van der Waals surface area contributed by atoms with Crippen LogP contribution in [0.3, 0.4) is 0 Å². The fourth-order valence-electron chi connectivity index (χ4n) is 10.4. The molecule has 0 aliphatic heterocycles. The van der Waals surface area contributed by atoms with E-state index in [4.69, 9.17) is 4.42 Å². The molecule has 0 N–H and O–H groups in total. The van der Waals surface area contributed by atoms with E-state index in [1.807, 2.05) is 6.07 Å². The Kier molecular flexibility index (Phi) is 8.42. The van der Waals surface area contributed by atoms with Gasteiger partial charge in [0.15, 0.2) is 5.58 Å². The van der Waals surface area contributed by atoms with Gasteiger partial charge in [0.05, 0.1) is 11.4 Å². The van der Waals surface area contributed by atoms with Crippen LogP contribution in [-0.2, 0) is 5.41 Å². The first-order valence-electron chi connectivity index (χ1n) is 21.9. The molecule has 0 amide bonds. The second-order valence-electron chi connectivity index (χ2n) is 17.3. The van der Waals surface area contributed by atoms with Crippen molar-refractivity contribution in [1.82, 2.24) is 0 Å². The summed E-state index contributed by atoms with van der Waals surface area (Å²) in [5.41, 5.74) is 17.0. The van der Waals surface area contributed by atoms with E-state index in [0.717, 1.165) is 56.1 Å². The molecule has 0 saturated heterocycles. The van der Waals surface area contributed by atoms with Gasteiger partial charge in [-0.1, -0.05) is 159 Å². The summed E-state index contributed by atoms with van der Waals surface area (Å²) < 4.78 is 6.65. The summed E-state index contributed by atoms with van der Waals surface area (Å²) in [4.78, 5) is 4.78. The minimum atomic E-state index is -0.288. The van der Waals surface area contributed by atoms with E-state index in [-0.39, 0.29) is 5.41 Å². The summed E-state index contributed by atoms with van der Waals surface area (Å²) in [5.74, 6) is 0. The number of benzene rings is 10. The van der Waals surface area contributed by atoms with Gasteiger partial charge in [0, 0.05) is 44.5 Å². The van der Waals surface area contributed by atoms with Crippen LogP contribution in [0.4, 0.5) is 34.1 Å². The van der Waals surface area contributed by atoms with Crippen LogP contribution in [-0.4, -0.2) is 0 Å². The predicted molar refractivity (Wildman–Crippen MR) is 266 cm³/mol. The third kappa shape index (κ3) is 5.73. The molecule has 300 valence electrons. The minimum Gasteiger partial charge on any atom is -0.454 e. The zero-order valence-corrected chi connectivity index (χ0v) is 35.5. The van der Waals surface area contributed by atoms with Crippen LogP contribution < -0.4 is 9.80 Å². The maximum atomic E-state index is 6.65. The highest BCUT2D eigenvalue weighted by molar-refractivity contribution is 6.20. The van der Waals surface area contributed by atoms with E-state index in [1.54, 1.807) is 0 Å². The van der Waals surface area contributed by atoms with Crippen molar-refractivity contribution in [2.75, 3.05) is 9.80 Å². The van der Waals surface area contributed by atoms with Crippen LogP contribution in [0.2, 0.25) is 0 Å². The first-order chi connectivity index (χ1) is 31.0. The molecule has 1 aliphatic rings. The van der Waals surface area contributed by atoms with Gasteiger partial charge in [-0.05, 0) is 129 Å². The van der Waals surface area contributed by atoms with Gasteiger partial charge in [0.25, 0.3) is 0 Å². The van der Waals surface area contributed by atoms with Crippen LogP contribution in [0.25, 0.3) is 65.7 Å². The van der Waals surface area contributed by atoms with Crippen LogP contribution in [0.15, 0.2) is 217 Å². The number of rotatable bonds is 7. The number of hydrogen-bond acceptors (Lipinski definition) is 3. The molecular formula is C60H44N2O. The van der Waals surface area contributed by atoms with Crippen molar-refractivity contribution in [3.63, 3.8) is 0 Å². The molecule has 10 aromatic carbocycles. The molecule has 3 heteroatoms. The number of fused-ring (bicyclic) bond motifs is 7. The summed E-state index contributed by atoms with van der Waals surface area (Å²) in [6, 6.07) is 76.9. The summed E-state index contributed by atoms with van der Waals surface area (Å²) in [5, 5.41) is 7.34. The third-order valence-electron chi connectivity index (χ3n) is 13.4. The number of nitrogens with zero attached hydrogens (tertiary/aromatic N) is 2. The Balaban J connectivity index is 1.06. The van der Waals surface area contributed by atoms with Crippen molar-refractivity contribution in [3.05, 3.63) is 229 Å². The highest BCUT2D eigenvalue weighted by Crippen LogP contribution is 2.54. The Morgan fingerprint density at radius 1 is 0.397 bits per heavy atom. The number of aryl methyl sites for hydroxylation is 1. The lowest BCUT2D eigenvalue weighted by Crippen LogP contribution is -2.25.